The van der Waals surface area contributed by atoms with Gasteiger partial charge in [0.1, 0.15) is 5.52 Å². The van der Waals surface area contributed by atoms with Crippen LogP contribution in [-0.2, 0) is 16.6 Å². The van der Waals surface area contributed by atoms with Gasteiger partial charge < -0.3 is 10.6 Å². The number of carbonyl (C=O) groups excluding carboxylic acids is 1. The molecule has 0 radical (unpaired) electrons. The van der Waals surface area contributed by atoms with Crippen LogP contribution in [0.3, 0.4) is 0 Å². The number of amides is 1. The smallest absolute Gasteiger partial charge is 0.339 e. The van der Waals surface area contributed by atoms with Crippen LogP contribution in [0, 0.1) is 6.92 Å². The molecule has 2 aromatic heterocycles. The Morgan fingerprint density at radius 2 is 1.82 bits per heavy atom. The van der Waals surface area contributed by atoms with Gasteiger partial charge in [0.25, 0.3) is 0 Å². The summed E-state index contributed by atoms with van der Waals surface area (Å²) in [6, 6.07) is 7.11. The summed E-state index contributed by atoms with van der Waals surface area (Å²) in [4.78, 5) is 36.6. The normalized spacial score (nSPS) is 14.2. The molecule has 3 aromatic rings. The molecule has 0 atom stereocenters. The van der Waals surface area contributed by atoms with E-state index in [1.807, 2.05) is 31.2 Å². The lowest BCUT2D eigenvalue weighted by Crippen LogP contribution is -2.39. The Morgan fingerprint density at radius 1 is 1.15 bits per heavy atom. The summed E-state index contributed by atoms with van der Waals surface area (Å²) < 4.78 is 29.1. The van der Waals surface area contributed by atoms with Gasteiger partial charge in [-0.05, 0) is 31.7 Å². The molecule has 1 saturated heterocycles. The lowest BCUT2D eigenvalue weighted by Gasteiger charge is -2.15. The van der Waals surface area contributed by atoms with Crippen molar-refractivity contribution in [1.82, 2.24) is 24.0 Å². The second-order valence-electron chi connectivity index (χ2n) is 8.19. The molecule has 1 aromatic carbocycles. The molecule has 0 aliphatic carbocycles. The first-order chi connectivity index (χ1) is 15.7. The number of rotatable bonds is 6. The number of likely N-dealkylation sites (tertiary alicyclic amines) is 1. The number of nitrogens with one attached hydrogen (secondary N) is 1. The van der Waals surface area contributed by atoms with Crippen molar-refractivity contribution < 1.29 is 13.2 Å². The second kappa shape index (κ2) is 8.85. The van der Waals surface area contributed by atoms with E-state index >= 15 is 0 Å². The number of hydrogen-bond donors (Lipinski definition) is 2. The van der Waals surface area contributed by atoms with Crippen molar-refractivity contribution in [3.05, 3.63) is 45.9 Å². The van der Waals surface area contributed by atoms with Gasteiger partial charge in [0.15, 0.2) is 11.5 Å². The molecule has 0 unspecified atom stereocenters. The van der Waals surface area contributed by atoms with E-state index in [1.165, 1.54) is 4.57 Å². The van der Waals surface area contributed by atoms with Crippen molar-refractivity contribution in [2.75, 3.05) is 29.3 Å². The van der Waals surface area contributed by atoms with Crippen LogP contribution in [0.4, 0.5) is 16.6 Å². The van der Waals surface area contributed by atoms with Crippen molar-refractivity contribution in [1.29, 1.82) is 0 Å². The Labute approximate surface area is 191 Å². The van der Waals surface area contributed by atoms with Crippen LogP contribution in [0.5, 0.6) is 0 Å². The Bertz CT molecular complexity index is 1350. The number of aromatic nitrogens is 4. The van der Waals surface area contributed by atoms with Gasteiger partial charge in [-0.25, -0.2) is 22.6 Å². The molecule has 176 valence electrons. The highest BCUT2D eigenvalue weighted by Crippen LogP contribution is 2.22. The van der Waals surface area contributed by atoms with Gasteiger partial charge in [-0.3, -0.25) is 9.29 Å². The topological polar surface area (TPSA) is 145 Å². The van der Waals surface area contributed by atoms with E-state index in [2.05, 4.69) is 14.7 Å². The van der Waals surface area contributed by atoms with Crippen LogP contribution in [-0.4, -0.2) is 57.3 Å². The maximum atomic E-state index is 13.4. The van der Waals surface area contributed by atoms with Gasteiger partial charge in [-0.1, -0.05) is 36.8 Å². The minimum absolute atomic E-state index is 0.0717. The highest BCUT2D eigenvalue weighted by atomic mass is 32.2. The molecule has 12 heteroatoms. The van der Waals surface area contributed by atoms with E-state index in [-0.39, 0.29) is 35.2 Å². The zero-order chi connectivity index (χ0) is 23.8. The summed E-state index contributed by atoms with van der Waals surface area (Å²) >= 11 is 0. The molecule has 0 saturated carbocycles. The van der Waals surface area contributed by atoms with Crippen LogP contribution in [0.25, 0.3) is 11.2 Å². The monoisotopic (exact) mass is 473 g/mol. The molecular formula is C21H27N7O4S. The molecule has 1 amide bonds. The molecule has 3 heterocycles. The summed E-state index contributed by atoms with van der Waals surface area (Å²) in [5.74, 6) is -0.503. The van der Waals surface area contributed by atoms with Crippen molar-refractivity contribution in [3.8, 4) is 0 Å². The number of nitrogen functional groups attached to an aromatic ring is 1. The first kappa shape index (κ1) is 22.8. The van der Waals surface area contributed by atoms with Gasteiger partial charge in [0, 0.05) is 13.1 Å². The van der Waals surface area contributed by atoms with Gasteiger partial charge >= 0.3 is 11.7 Å². The fourth-order valence-electron chi connectivity index (χ4n) is 3.92. The third-order valence-electron chi connectivity index (χ3n) is 5.54. The molecule has 1 fully saturated rings. The zero-order valence-corrected chi connectivity index (χ0v) is 19.4. The van der Waals surface area contributed by atoms with Crippen molar-refractivity contribution >= 4 is 39.0 Å². The number of hydrogen-bond acceptors (Lipinski definition) is 7. The highest BCUT2D eigenvalue weighted by molar-refractivity contribution is 7.92. The molecule has 0 bridgehead atoms. The van der Waals surface area contributed by atoms with Crippen molar-refractivity contribution in [2.45, 2.75) is 39.7 Å². The first-order valence-electron chi connectivity index (χ1n) is 10.8. The number of aryl methyl sites for hydroxylation is 1. The minimum atomic E-state index is -3.68. The van der Waals surface area contributed by atoms with E-state index in [9.17, 15) is 18.0 Å². The Kier molecular flexibility index (Phi) is 6.11. The number of benzene rings is 1. The predicted octanol–water partition coefficient (Wildman–Crippen LogP) is 1.75. The van der Waals surface area contributed by atoms with Crippen molar-refractivity contribution in [2.24, 2.45) is 0 Å². The maximum Gasteiger partial charge on any atom is 0.339 e. The zero-order valence-electron chi connectivity index (χ0n) is 18.6. The third kappa shape index (κ3) is 4.56. The Morgan fingerprint density at radius 3 is 2.45 bits per heavy atom. The molecular weight excluding hydrogens is 446 g/mol. The predicted molar refractivity (Wildman–Crippen MR) is 126 cm³/mol. The summed E-state index contributed by atoms with van der Waals surface area (Å²) in [7, 11) is -3.68. The van der Waals surface area contributed by atoms with Gasteiger partial charge in [0.05, 0.1) is 12.3 Å². The average molecular weight is 474 g/mol. The summed E-state index contributed by atoms with van der Waals surface area (Å²) in [5.41, 5.74) is 7.60. The van der Waals surface area contributed by atoms with E-state index in [4.69, 9.17) is 5.73 Å². The maximum absolute atomic E-state index is 13.4. The second-order valence-corrected chi connectivity index (χ2v) is 10.0. The van der Waals surface area contributed by atoms with Gasteiger partial charge in [0.2, 0.25) is 16.0 Å². The standard InChI is InChI=1S/C21H27N7O4S/c1-3-12-33(31,32)25-19-23-17(22)16-18(24-19)27(13-15-8-6-14(2)7-9-15)21(30)28(16)20(29)26-10-4-5-11-26/h6-9H,3-5,10-13H2,1-2H3,(H3,22,23,24,25). The Balaban J connectivity index is 1.88. The first-order valence-corrected chi connectivity index (χ1v) is 12.5. The fraction of sp³-hybridized carbons (Fsp3) is 0.429. The number of anilines is 2. The minimum Gasteiger partial charge on any atom is -0.382 e. The van der Waals surface area contributed by atoms with E-state index in [1.54, 1.807) is 11.8 Å². The quantitative estimate of drug-likeness (QED) is 0.555. The van der Waals surface area contributed by atoms with Crippen LogP contribution in [0.15, 0.2) is 29.1 Å². The third-order valence-corrected chi connectivity index (χ3v) is 6.98. The molecule has 11 nitrogen and oxygen atoms in total. The average Bonchev–Trinajstić information content (AvgIpc) is 3.37. The summed E-state index contributed by atoms with van der Waals surface area (Å²) in [5, 5.41) is 0. The summed E-state index contributed by atoms with van der Waals surface area (Å²) in [6.07, 6.45) is 2.13. The number of fused-ring (bicyclic) bond motifs is 1. The van der Waals surface area contributed by atoms with E-state index in [0.29, 0.717) is 19.5 Å². The molecule has 1 aliphatic heterocycles. The van der Waals surface area contributed by atoms with Crippen LogP contribution < -0.4 is 16.1 Å². The van der Waals surface area contributed by atoms with Gasteiger partial charge in [-0.2, -0.15) is 9.97 Å². The number of carbonyl (C=O) groups is 1. The van der Waals surface area contributed by atoms with Crippen LogP contribution in [0.2, 0.25) is 0 Å². The van der Waals surface area contributed by atoms with Crippen LogP contribution >= 0.6 is 0 Å². The molecule has 33 heavy (non-hydrogen) atoms. The number of sulfonamides is 1. The molecule has 4 rings (SSSR count). The molecule has 1 aliphatic rings. The van der Waals surface area contributed by atoms with E-state index in [0.717, 1.165) is 28.5 Å². The SMILES string of the molecule is CCCS(=O)(=O)Nc1nc(N)c2c(n1)n(Cc1ccc(C)cc1)c(=O)n2C(=O)N1CCCC1. The largest absolute Gasteiger partial charge is 0.382 e. The highest BCUT2D eigenvalue weighted by Gasteiger charge is 2.28. The van der Waals surface area contributed by atoms with E-state index < -0.39 is 21.7 Å². The molecule has 3 N–H and O–H groups in total. The number of imidazole rings is 1. The summed E-state index contributed by atoms with van der Waals surface area (Å²) in [6.45, 7) is 4.92. The molecule has 0 spiro atoms. The Hall–Kier alpha value is -3.41. The lowest BCUT2D eigenvalue weighted by atomic mass is 10.1. The number of nitrogens with two attached hydrogens (primary N) is 1. The van der Waals surface area contributed by atoms with Crippen molar-refractivity contribution in [3.63, 3.8) is 0 Å². The number of nitrogens with zero attached hydrogens (tertiary/aromatic N) is 5. The van der Waals surface area contributed by atoms with Crippen LogP contribution in [0.1, 0.15) is 37.3 Å². The lowest BCUT2D eigenvalue weighted by molar-refractivity contribution is 0.210. The van der Waals surface area contributed by atoms with Gasteiger partial charge in [-0.15, -0.1) is 0 Å². The fourth-order valence-corrected chi connectivity index (χ4v) is 4.93.